The molecule has 0 N–H and O–H groups in total. The molecule has 0 atom stereocenters. The molecule has 0 saturated carbocycles. The highest BCUT2D eigenvalue weighted by Gasteiger charge is 2.15. The second-order valence-corrected chi connectivity index (χ2v) is 5.92. The first-order chi connectivity index (χ1) is 8.88. The first-order valence-corrected chi connectivity index (χ1v) is 6.89. The van der Waals surface area contributed by atoms with Gasteiger partial charge in [0.25, 0.3) is 0 Å². The molecule has 0 spiro atoms. The van der Waals surface area contributed by atoms with Gasteiger partial charge in [-0.25, -0.2) is 4.39 Å². The number of nitrogens with zero attached hydrogens (tertiary/aromatic N) is 1. The van der Waals surface area contributed by atoms with Crippen LogP contribution in [0.4, 0.5) is 4.39 Å². The van der Waals surface area contributed by atoms with Crippen LogP contribution in [0.2, 0.25) is 0 Å². The lowest BCUT2D eigenvalue weighted by Crippen LogP contribution is -2.35. The number of Topliss-reactive ketones (excluding diaryl/α,β-unsaturated/α-hetero) is 1. The molecule has 1 aromatic carbocycles. The zero-order valence-electron chi connectivity index (χ0n) is 12.3. The van der Waals surface area contributed by atoms with Crippen molar-refractivity contribution < 1.29 is 9.18 Å². The molecule has 2 nitrogen and oxygen atoms in total. The van der Waals surface area contributed by atoms with E-state index in [0.717, 1.165) is 13.1 Å². The highest BCUT2D eigenvalue weighted by atomic mass is 19.1. The van der Waals surface area contributed by atoms with Gasteiger partial charge in [0.1, 0.15) is 5.82 Å². The molecular weight excluding hydrogens is 241 g/mol. The second kappa shape index (κ2) is 7.39. The van der Waals surface area contributed by atoms with Gasteiger partial charge in [0.2, 0.25) is 0 Å². The smallest absolute Gasteiger partial charge is 0.176 e. The largest absolute Gasteiger partial charge is 0.295 e. The van der Waals surface area contributed by atoms with E-state index in [1.807, 2.05) is 0 Å². The van der Waals surface area contributed by atoms with Crippen molar-refractivity contribution in [1.29, 1.82) is 0 Å². The molecule has 106 valence electrons. The lowest BCUT2D eigenvalue weighted by Gasteiger charge is -2.25. The van der Waals surface area contributed by atoms with Crippen molar-refractivity contribution in [2.24, 2.45) is 11.8 Å². The number of ketones is 1. The van der Waals surface area contributed by atoms with Crippen LogP contribution in [-0.2, 0) is 0 Å². The molecule has 1 aromatic rings. The highest BCUT2D eigenvalue weighted by molar-refractivity contribution is 5.97. The molecule has 0 aliphatic heterocycles. The number of rotatable bonds is 7. The molecule has 3 heteroatoms. The quantitative estimate of drug-likeness (QED) is 0.702. The van der Waals surface area contributed by atoms with Gasteiger partial charge in [0.05, 0.1) is 6.54 Å². The fourth-order valence-electron chi connectivity index (χ4n) is 2.19. The summed E-state index contributed by atoms with van der Waals surface area (Å²) in [5.74, 6) is 0.657. The molecule has 0 aliphatic rings. The van der Waals surface area contributed by atoms with Crippen LogP contribution in [0.1, 0.15) is 38.1 Å². The molecular formula is C16H24FNO. The Bertz CT molecular complexity index is 405. The molecule has 0 saturated heterocycles. The van der Waals surface area contributed by atoms with Crippen LogP contribution >= 0.6 is 0 Å². The van der Waals surface area contributed by atoms with Crippen LogP contribution in [-0.4, -0.2) is 30.3 Å². The number of benzene rings is 1. The summed E-state index contributed by atoms with van der Waals surface area (Å²) in [6.45, 7) is 10.7. The third-order valence-electron chi connectivity index (χ3n) is 2.76. The van der Waals surface area contributed by atoms with Gasteiger partial charge < -0.3 is 0 Å². The number of hydrogen-bond acceptors (Lipinski definition) is 2. The van der Waals surface area contributed by atoms with E-state index < -0.39 is 0 Å². The molecule has 0 aromatic heterocycles. The van der Waals surface area contributed by atoms with E-state index in [4.69, 9.17) is 0 Å². The lowest BCUT2D eigenvalue weighted by atomic mass is 10.1. The zero-order chi connectivity index (χ0) is 14.4. The van der Waals surface area contributed by atoms with Gasteiger partial charge >= 0.3 is 0 Å². The highest BCUT2D eigenvalue weighted by Crippen LogP contribution is 2.08. The number of carbonyl (C=O) groups is 1. The van der Waals surface area contributed by atoms with E-state index in [1.54, 1.807) is 12.1 Å². The summed E-state index contributed by atoms with van der Waals surface area (Å²) >= 11 is 0. The summed E-state index contributed by atoms with van der Waals surface area (Å²) in [4.78, 5) is 14.3. The van der Waals surface area contributed by atoms with Crippen molar-refractivity contribution in [2.75, 3.05) is 19.6 Å². The van der Waals surface area contributed by atoms with Gasteiger partial charge in [-0.15, -0.1) is 0 Å². The molecule has 0 aliphatic carbocycles. The number of carbonyl (C=O) groups excluding carboxylic acids is 1. The fourth-order valence-corrected chi connectivity index (χ4v) is 2.19. The average molecular weight is 265 g/mol. The Balaban J connectivity index is 2.69. The summed E-state index contributed by atoms with van der Waals surface area (Å²) in [6, 6.07) is 5.92. The minimum absolute atomic E-state index is 0.0131. The average Bonchev–Trinajstić information content (AvgIpc) is 2.26. The molecule has 0 bridgehead atoms. The predicted molar refractivity (Wildman–Crippen MR) is 76.8 cm³/mol. The van der Waals surface area contributed by atoms with Gasteiger partial charge in [0.15, 0.2) is 5.78 Å². The maximum atomic E-state index is 13.1. The van der Waals surface area contributed by atoms with E-state index in [9.17, 15) is 9.18 Å². The second-order valence-electron chi connectivity index (χ2n) is 5.92. The van der Waals surface area contributed by atoms with E-state index in [1.165, 1.54) is 12.1 Å². The zero-order valence-corrected chi connectivity index (χ0v) is 12.3. The van der Waals surface area contributed by atoms with Crippen molar-refractivity contribution in [1.82, 2.24) is 4.90 Å². The van der Waals surface area contributed by atoms with Crippen LogP contribution in [0.15, 0.2) is 24.3 Å². The van der Waals surface area contributed by atoms with Gasteiger partial charge in [-0.1, -0.05) is 39.8 Å². The Morgan fingerprint density at radius 3 is 2.21 bits per heavy atom. The first kappa shape index (κ1) is 15.8. The first-order valence-electron chi connectivity index (χ1n) is 6.89. The Morgan fingerprint density at radius 1 is 1.16 bits per heavy atom. The van der Waals surface area contributed by atoms with Crippen molar-refractivity contribution in [2.45, 2.75) is 27.7 Å². The fraction of sp³-hybridized carbons (Fsp3) is 0.562. The Kier molecular flexibility index (Phi) is 6.16. The lowest BCUT2D eigenvalue weighted by molar-refractivity contribution is 0.0912. The minimum Gasteiger partial charge on any atom is -0.295 e. The third-order valence-corrected chi connectivity index (χ3v) is 2.76. The van der Waals surface area contributed by atoms with Gasteiger partial charge in [-0.2, -0.15) is 0 Å². The van der Waals surface area contributed by atoms with Crippen LogP contribution < -0.4 is 0 Å². The Morgan fingerprint density at radius 2 is 1.74 bits per heavy atom. The van der Waals surface area contributed by atoms with Crippen LogP contribution in [0, 0.1) is 17.7 Å². The normalized spacial score (nSPS) is 11.6. The summed E-state index contributed by atoms with van der Waals surface area (Å²) in [5, 5.41) is 0. The molecule has 1 rings (SSSR count). The summed E-state index contributed by atoms with van der Waals surface area (Å²) in [7, 11) is 0. The Hall–Kier alpha value is -1.22. The molecule has 0 amide bonds. The Labute approximate surface area is 115 Å². The predicted octanol–water partition coefficient (Wildman–Crippen LogP) is 3.62. The molecule has 0 radical (unpaired) electrons. The standard InChI is InChI=1S/C16H24FNO/c1-12(2)9-18(10-13(3)4)11-16(19)14-6-5-7-15(17)8-14/h5-8,12-13H,9-11H2,1-4H3. The van der Waals surface area contributed by atoms with Gasteiger partial charge in [0, 0.05) is 18.7 Å². The van der Waals surface area contributed by atoms with Crippen molar-refractivity contribution >= 4 is 5.78 Å². The maximum absolute atomic E-state index is 13.1. The van der Waals surface area contributed by atoms with Gasteiger partial charge in [-0.05, 0) is 24.0 Å². The molecule has 0 unspecified atom stereocenters. The van der Waals surface area contributed by atoms with E-state index in [0.29, 0.717) is 23.9 Å². The summed E-state index contributed by atoms with van der Waals surface area (Å²) < 4.78 is 13.1. The van der Waals surface area contributed by atoms with Crippen LogP contribution in [0.5, 0.6) is 0 Å². The SMILES string of the molecule is CC(C)CN(CC(=O)c1cccc(F)c1)CC(C)C. The van der Waals surface area contributed by atoms with Crippen molar-refractivity contribution in [3.8, 4) is 0 Å². The number of hydrogen-bond donors (Lipinski definition) is 0. The van der Waals surface area contributed by atoms with E-state index >= 15 is 0 Å². The summed E-state index contributed by atoms with van der Waals surface area (Å²) in [6.07, 6.45) is 0. The topological polar surface area (TPSA) is 20.3 Å². The monoisotopic (exact) mass is 265 g/mol. The van der Waals surface area contributed by atoms with Crippen LogP contribution in [0.3, 0.4) is 0 Å². The van der Waals surface area contributed by atoms with Crippen molar-refractivity contribution in [3.05, 3.63) is 35.6 Å². The molecule has 19 heavy (non-hydrogen) atoms. The third kappa shape index (κ3) is 5.97. The maximum Gasteiger partial charge on any atom is 0.176 e. The molecule has 0 fully saturated rings. The summed E-state index contributed by atoms with van der Waals surface area (Å²) in [5.41, 5.74) is 0.456. The van der Waals surface area contributed by atoms with E-state index in [2.05, 4.69) is 32.6 Å². The van der Waals surface area contributed by atoms with E-state index in [-0.39, 0.29) is 11.6 Å². The minimum atomic E-state index is -0.356. The van der Waals surface area contributed by atoms with Crippen molar-refractivity contribution in [3.63, 3.8) is 0 Å². The molecule has 0 heterocycles. The number of halogens is 1. The van der Waals surface area contributed by atoms with Gasteiger partial charge in [-0.3, -0.25) is 9.69 Å². The van der Waals surface area contributed by atoms with Crippen LogP contribution in [0.25, 0.3) is 0 Å².